The van der Waals surface area contributed by atoms with Crippen LogP contribution in [-0.2, 0) is 0 Å². The fourth-order valence-corrected chi connectivity index (χ4v) is 1510. The molecular weight excluding hydrogens is 3130 g/mol. The summed E-state index contributed by atoms with van der Waals surface area (Å²) in [5.41, 5.74) is 0. The Morgan fingerprint density at radius 1 is 0.0891 bits per heavy atom. The minimum atomic E-state index is -0.654. The molecule has 0 aromatic carbocycles. The van der Waals surface area contributed by atoms with Gasteiger partial charge in [0.25, 0.3) is 0 Å². The summed E-state index contributed by atoms with van der Waals surface area (Å²) in [7, 11) is 195. The summed E-state index contributed by atoms with van der Waals surface area (Å²) in [6, 6.07) is 0. The van der Waals surface area contributed by atoms with E-state index in [-0.39, 0.29) is 21.0 Å². The number of hydrogen-bond acceptors (Lipinski definition) is 0. The maximum absolute atomic E-state index is 3.87. The third-order valence-corrected chi connectivity index (χ3v) is 727. The van der Waals surface area contributed by atoms with E-state index in [2.05, 4.69) is 455 Å². The largest absolute Gasteiger partial charge is 0.109 e. The number of hydrogen-bond donors (Lipinski definition) is 0. The molecule has 0 aromatic rings. The quantitative estimate of drug-likeness (QED) is 0.0533. The predicted molar refractivity (Wildman–Crippen MR) is 843 cm³/mol. The van der Waals surface area contributed by atoms with Gasteiger partial charge in [-0.3, -0.25) is 0 Å². The van der Waals surface area contributed by atoms with E-state index in [4.69, 9.17) is 0 Å². The van der Waals surface area contributed by atoms with Crippen molar-refractivity contribution in [1.82, 2.24) is 0 Å². The van der Waals surface area contributed by atoms with Crippen molar-refractivity contribution in [2.24, 2.45) is 0 Å². The highest BCUT2D eigenvalue weighted by Crippen LogP contribution is 3.55. The average Bonchev–Trinajstić information content (AvgIpc) is 0.709. The van der Waals surface area contributed by atoms with Crippen molar-refractivity contribution in [3.8, 4) is 0 Å². The first kappa shape index (κ1) is 144. The highest BCUT2D eigenvalue weighted by molar-refractivity contribution is 9.61. The van der Waals surface area contributed by atoms with Gasteiger partial charge in [0.15, 0.2) is 0 Å². The molecule has 0 bridgehead atoms. The first-order chi connectivity index (χ1) is 46.0. The highest BCUT2D eigenvalue weighted by Gasteiger charge is 2.67. The standard InChI is InChI=1S/H103P101/c1-52-78(53(2)3)91(79(54(4)5)55(6)7)97(90(76(48)49)77(50)51)100(96(88(72(40)41)73(42)43)89(74(44)45)75(46)47)101(98(92(80(56(8)9)57(10)11)81(58(12)13)59(14)15)93(82(60(16)17)61(18)19)83(62(20)21)63(22)23)99(94(84(64(24)25)65(26)27)85(66(28)29)67(30)31)95(86(68(32)33)69(34)35)87(70(36)37)71(38)39/h52H,1-51H2. The van der Waals surface area contributed by atoms with Gasteiger partial charge in [-0.2, -0.15) is 0 Å². The first-order valence-corrected chi connectivity index (χ1v) is 207. The molecule has 0 radical (unpaired) electrons. The SMILES string of the molecule is PPP(P(P)P)P(P(P(P)P)P(P)P)P(P(P(P)P)P(P)P)P(P(P(P(P)P)P(P)P)P(P(P)P)P(P)P)P(P(P(P(P(P)P)P(P)P)P(P(P)P)P(P)P)P(P(P(P)P)P(P)P)P(P(P)P)P(P)P)P(P(P(P(P)P)P(P)P)P(P(P)P)P(P)P)P(P(P(P)P)P(P)P)P(P(P)P)P(P)P. The minimum absolute atomic E-state index is 0.326. The zero-order valence-corrected chi connectivity index (χ0v) is 156. The Balaban J connectivity index is 14.8. The summed E-state index contributed by atoms with van der Waals surface area (Å²) < 4.78 is 0. The molecule has 56 unspecified atom stereocenters. The van der Waals surface area contributed by atoms with Gasteiger partial charge in [0.1, 0.15) is 0 Å². The van der Waals surface area contributed by atoms with Gasteiger partial charge in [-0.05, 0) is 342 Å². The van der Waals surface area contributed by atoms with Gasteiger partial charge in [-0.15, -0.1) is 455 Å². The van der Waals surface area contributed by atoms with E-state index in [0.717, 1.165) is 7.96 Å². The second kappa shape index (κ2) is 79.4. The van der Waals surface area contributed by atoms with Crippen molar-refractivity contribution < 1.29 is 0 Å². The summed E-state index contributed by atoms with van der Waals surface area (Å²) in [5, 5.41) is 0. The summed E-state index contributed by atoms with van der Waals surface area (Å²) in [6.07, 6.45) is 0. The van der Waals surface area contributed by atoms with E-state index in [0.29, 0.717) is 0 Å². The van der Waals surface area contributed by atoms with Crippen LogP contribution < -0.4 is 0 Å². The van der Waals surface area contributed by atoms with Gasteiger partial charge in [-0.1, -0.05) is 7.96 Å². The van der Waals surface area contributed by atoms with Gasteiger partial charge in [0.2, 0.25) is 0 Å². The summed E-state index contributed by atoms with van der Waals surface area (Å²) in [6.45, 7) is -22.1. The molecule has 608 valence electrons. The summed E-state index contributed by atoms with van der Waals surface area (Å²) in [5.74, 6) is 0. The molecule has 101 heteroatoms. The molecule has 0 aliphatic carbocycles. The molecule has 0 rings (SSSR count). The van der Waals surface area contributed by atoms with E-state index in [1.54, 1.807) is 0 Å². The molecule has 0 saturated carbocycles. The molecule has 0 aliphatic heterocycles. The van der Waals surface area contributed by atoms with Crippen LogP contribution in [0.15, 0.2) is 0 Å². The van der Waals surface area contributed by atoms with Crippen LogP contribution in [0.25, 0.3) is 0 Å². The first-order valence-electron chi connectivity index (χ1n) is 23.0. The van der Waals surface area contributed by atoms with Crippen LogP contribution in [0.5, 0.6) is 0 Å². The maximum atomic E-state index is 3.87. The van der Waals surface area contributed by atoms with Gasteiger partial charge < -0.3 is 0 Å². The number of rotatable bonds is 49. The van der Waals surface area contributed by atoms with Crippen molar-refractivity contribution in [3.63, 3.8) is 0 Å². The predicted octanol–water partition coefficient (Wildman–Crippen LogP) is 59.4. The van der Waals surface area contributed by atoms with Crippen LogP contribution in [0.1, 0.15) is 0 Å². The topological polar surface area (TPSA) is 0 Å². The van der Waals surface area contributed by atoms with Crippen LogP contribution in [0.2, 0.25) is 0 Å². The van der Waals surface area contributed by atoms with Crippen molar-refractivity contribution in [3.05, 3.63) is 0 Å². The molecule has 0 heterocycles. The Labute approximate surface area is 792 Å². The summed E-state index contributed by atoms with van der Waals surface area (Å²) >= 11 is 0. The molecule has 56 atom stereocenters. The molecule has 0 saturated heterocycles. The van der Waals surface area contributed by atoms with Crippen molar-refractivity contribution >= 4 is 806 Å². The van der Waals surface area contributed by atoms with Crippen molar-refractivity contribution in [1.29, 1.82) is 0 Å². The Morgan fingerprint density at radius 2 is 0.158 bits per heavy atom. The van der Waals surface area contributed by atoms with E-state index in [1.165, 1.54) is 0 Å². The van der Waals surface area contributed by atoms with Crippen molar-refractivity contribution in [2.45, 2.75) is 0 Å². The van der Waals surface area contributed by atoms with E-state index in [9.17, 15) is 0 Å². The summed E-state index contributed by atoms with van der Waals surface area (Å²) in [4.78, 5) is 0. The third-order valence-electron chi connectivity index (χ3n) is 8.98. The molecule has 0 spiro atoms. The highest BCUT2D eigenvalue weighted by atomic mass is 33.7. The normalized spacial score (nSPS) is 15.9. The van der Waals surface area contributed by atoms with Gasteiger partial charge in [-0.25, -0.2) is 0 Å². The average molecular weight is 3230 g/mol. The zero-order chi connectivity index (χ0) is 80.0. The van der Waals surface area contributed by atoms with E-state index in [1.807, 2.05) is 0 Å². The lowest BCUT2D eigenvalue weighted by molar-refractivity contribution is 4.29. The van der Waals surface area contributed by atoms with Crippen LogP contribution in [0, 0.1) is 0 Å². The minimum Gasteiger partial charge on any atom is -0.109 e. The monoisotopic (exact) mass is 3230 g/mol. The second-order valence-electron chi connectivity index (χ2n) is 16.1. The van der Waals surface area contributed by atoms with Crippen molar-refractivity contribution in [2.75, 3.05) is 0 Å². The van der Waals surface area contributed by atoms with E-state index >= 15 is 0 Å². The smallest absolute Gasteiger partial charge is 0.000000223 e. The lowest BCUT2D eigenvalue weighted by atomic mass is 28.3. The van der Waals surface area contributed by atoms with Crippen LogP contribution >= 0.6 is 806 Å². The molecule has 0 fully saturated rings. The molecule has 0 nitrogen and oxygen atoms in total. The third kappa shape index (κ3) is 50.9. The fraction of sp³-hybridized carbons (Fsp3) is 0. The van der Waals surface area contributed by atoms with Gasteiger partial charge in [0.05, 0.1) is 0 Å². The van der Waals surface area contributed by atoms with E-state index < -0.39 is 321 Å². The Morgan fingerprint density at radius 3 is 0.228 bits per heavy atom. The molecular formula is H103P101. The van der Waals surface area contributed by atoms with Crippen LogP contribution in [0.3, 0.4) is 0 Å². The Kier molecular flexibility index (Phi) is 114. The molecule has 0 amide bonds. The molecule has 0 N–H and O–H groups in total. The molecule has 101 heavy (non-hydrogen) atoms. The Bertz CT molecular complexity index is 1710. The lowest BCUT2D eigenvalue weighted by Gasteiger charge is -2.64. The van der Waals surface area contributed by atoms with Crippen LogP contribution in [0.4, 0.5) is 0 Å². The zero-order valence-electron chi connectivity index (χ0n) is 51.9. The Hall–Kier alpha value is 43.4. The van der Waals surface area contributed by atoms with Gasteiger partial charge >= 0.3 is 0 Å². The van der Waals surface area contributed by atoms with Gasteiger partial charge in [0, 0.05) is 0 Å². The fourth-order valence-electron chi connectivity index (χ4n) is 6.23. The molecule has 0 aliphatic rings. The second-order valence-corrected chi connectivity index (χ2v) is 434. The van der Waals surface area contributed by atoms with Crippen LogP contribution in [-0.4, -0.2) is 0 Å². The lowest BCUT2D eigenvalue weighted by Crippen LogP contribution is -1.77. The maximum Gasteiger partial charge on any atom is -0.000000223 e. The molecule has 0 aromatic heterocycles.